The quantitative estimate of drug-likeness (QED) is 0.639. The normalized spacial score (nSPS) is 11.7. The van der Waals surface area contributed by atoms with Crippen molar-refractivity contribution in [3.05, 3.63) is 29.3 Å². The first-order valence-corrected chi connectivity index (χ1v) is 7.74. The molecule has 0 bridgehead atoms. The first-order valence-electron chi connectivity index (χ1n) is 7.74. The van der Waals surface area contributed by atoms with Gasteiger partial charge in [-0.25, -0.2) is 0 Å². The summed E-state index contributed by atoms with van der Waals surface area (Å²) in [5.74, 6) is 1.02. The Labute approximate surface area is 124 Å². The highest BCUT2D eigenvalue weighted by Crippen LogP contribution is 2.28. The van der Waals surface area contributed by atoms with E-state index in [9.17, 15) is 0 Å². The van der Waals surface area contributed by atoms with Crippen molar-refractivity contribution in [2.24, 2.45) is 0 Å². The lowest BCUT2D eigenvalue weighted by Crippen LogP contribution is -2.11. The highest BCUT2D eigenvalue weighted by atomic mass is 16.5. The molecule has 0 radical (unpaired) electrons. The average Bonchev–Trinajstić information content (AvgIpc) is 2.41. The highest BCUT2D eigenvalue weighted by Gasteiger charge is 2.15. The Morgan fingerprint density at radius 1 is 1.05 bits per heavy atom. The first-order chi connectivity index (χ1) is 9.49. The molecule has 1 aromatic carbocycles. The summed E-state index contributed by atoms with van der Waals surface area (Å²) in [6.45, 7) is 10.5. The van der Waals surface area contributed by atoms with Crippen LogP contribution in [0, 0.1) is 0 Å². The predicted octanol–water partition coefficient (Wildman–Crippen LogP) is 4.74. The van der Waals surface area contributed by atoms with Gasteiger partial charge in [0.15, 0.2) is 0 Å². The molecule has 0 unspecified atom stereocenters. The van der Waals surface area contributed by atoms with Crippen LogP contribution in [0.5, 0.6) is 5.75 Å². The van der Waals surface area contributed by atoms with E-state index in [0.717, 1.165) is 31.8 Å². The molecule has 0 atom stereocenters. The standard InChI is InChI=1S/C18H30O2/c1-6-20-13-9-7-8-10-15-14-16(18(2,3)4)11-12-17(15)19-5/h11-12,14H,6-10,13H2,1-5H3. The van der Waals surface area contributed by atoms with Crippen LogP contribution in [-0.4, -0.2) is 20.3 Å². The number of benzene rings is 1. The van der Waals surface area contributed by atoms with E-state index in [-0.39, 0.29) is 5.41 Å². The Morgan fingerprint density at radius 3 is 2.40 bits per heavy atom. The zero-order valence-corrected chi connectivity index (χ0v) is 13.8. The summed E-state index contributed by atoms with van der Waals surface area (Å²) in [6.07, 6.45) is 4.63. The number of aryl methyl sites for hydroxylation is 1. The third-order valence-corrected chi connectivity index (χ3v) is 3.59. The second-order valence-corrected chi connectivity index (χ2v) is 6.28. The second kappa shape index (κ2) is 8.31. The minimum atomic E-state index is 0.190. The van der Waals surface area contributed by atoms with E-state index in [1.54, 1.807) is 7.11 Å². The van der Waals surface area contributed by atoms with E-state index < -0.39 is 0 Å². The fraction of sp³-hybridized carbons (Fsp3) is 0.667. The van der Waals surface area contributed by atoms with Crippen LogP contribution in [-0.2, 0) is 16.6 Å². The second-order valence-electron chi connectivity index (χ2n) is 6.28. The number of ether oxygens (including phenoxy) is 2. The van der Waals surface area contributed by atoms with Crippen LogP contribution in [0.4, 0.5) is 0 Å². The molecule has 0 aliphatic rings. The third-order valence-electron chi connectivity index (χ3n) is 3.59. The third kappa shape index (κ3) is 5.54. The Hall–Kier alpha value is -1.02. The van der Waals surface area contributed by atoms with E-state index in [0.29, 0.717) is 0 Å². The van der Waals surface area contributed by atoms with Crippen LogP contribution < -0.4 is 4.74 Å². The summed E-state index contributed by atoms with van der Waals surface area (Å²) in [5.41, 5.74) is 2.90. The Balaban J connectivity index is 2.58. The van der Waals surface area contributed by atoms with Gasteiger partial charge in [-0.15, -0.1) is 0 Å². The fourth-order valence-electron chi connectivity index (χ4n) is 2.28. The number of methoxy groups -OCH3 is 1. The van der Waals surface area contributed by atoms with Crippen molar-refractivity contribution >= 4 is 0 Å². The Kier molecular flexibility index (Phi) is 7.08. The van der Waals surface area contributed by atoms with Crippen molar-refractivity contribution in [1.29, 1.82) is 0 Å². The van der Waals surface area contributed by atoms with E-state index in [1.165, 1.54) is 24.0 Å². The summed E-state index contributed by atoms with van der Waals surface area (Å²) in [4.78, 5) is 0. The maximum Gasteiger partial charge on any atom is 0.122 e. The summed E-state index contributed by atoms with van der Waals surface area (Å²) >= 11 is 0. The smallest absolute Gasteiger partial charge is 0.122 e. The molecule has 0 aliphatic heterocycles. The predicted molar refractivity (Wildman–Crippen MR) is 85.7 cm³/mol. The molecule has 114 valence electrons. The maximum atomic E-state index is 5.48. The lowest BCUT2D eigenvalue weighted by molar-refractivity contribution is 0.143. The van der Waals surface area contributed by atoms with Crippen LogP contribution >= 0.6 is 0 Å². The molecule has 0 aliphatic carbocycles. The van der Waals surface area contributed by atoms with Crippen molar-refractivity contribution in [1.82, 2.24) is 0 Å². The van der Waals surface area contributed by atoms with Crippen molar-refractivity contribution < 1.29 is 9.47 Å². The molecule has 2 nitrogen and oxygen atoms in total. The molecule has 0 aromatic heterocycles. The largest absolute Gasteiger partial charge is 0.496 e. The summed E-state index contributed by atoms with van der Waals surface area (Å²) in [5, 5.41) is 0. The van der Waals surface area contributed by atoms with Crippen molar-refractivity contribution in [2.45, 2.75) is 58.8 Å². The molecule has 0 amide bonds. The summed E-state index contributed by atoms with van der Waals surface area (Å²) in [6, 6.07) is 6.59. The van der Waals surface area contributed by atoms with Crippen LogP contribution in [0.25, 0.3) is 0 Å². The topological polar surface area (TPSA) is 18.5 Å². The zero-order chi connectivity index (χ0) is 15.0. The molecule has 0 fully saturated rings. The molecule has 0 heterocycles. The van der Waals surface area contributed by atoms with Gasteiger partial charge in [0.2, 0.25) is 0 Å². The molecule has 20 heavy (non-hydrogen) atoms. The zero-order valence-electron chi connectivity index (χ0n) is 13.8. The Bertz CT molecular complexity index is 391. The minimum Gasteiger partial charge on any atom is -0.496 e. The molecule has 0 N–H and O–H groups in total. The van der Waals surface area contributed by atoms with Gasteiger partial charge in [0, 0.05) is 13.2 Å². The van der Waals surface area contributed by atoms with Crippen LogP contribution in [0.1, 0.15) is 58.1 Å². The number of rotatable bonds is 8. The lowest BCUT2D eigenvalue weighted by atomic mass is 9.85. The first kappa shape index (κ1) is 17.0. The molecular formula is C18H30O2. The number of hydrogen-bond acceptors (Lipinski definition) is 2. The fourth-order valence-corrected chi connectivity index (χ4v) is 2.28. The molecule has 1 rings (SSSR count). The number of unbranched alkanes of at least 4 members (excludes halogenated alkanes) is 2. The maximum absolute atomic E-state index is 5.48. The van der Waals surface area contributed by atoms with Gasteiger partial charge in [-0.05, 0) is 48.8 Å². The van der Waals surface area contributed by atoms with E-state index in [1.807, 2.05) is 6.92 Å². The van der Waals surface area contributed by atoms with Gasteiger partial charge in [0.25, 0.3) is 0 Å². The summed E-state index contributed by atoms with van der Waals surface area (Å²) in [7, 11) is 1.75. The van der Waals surface area contributed by atoms with Crippen molar-refractivity contribution in [3.8, 4) is 5.75 Å². The van der Waals surface area contributed by atoms with Crippen molar-refractivity contribution in [2.75, 3.05) is 20.3 Å². The van der Waals surface area contributed by atoms with Crippen LogP contribution in [0.2, 0.25) is 0 Å². The summed E-state index contributed by atoms with van der Waals surface area (Å²) < 4.78 is 10.9. The van der Waals surface area contributed by atoms with E-state index in [2.05, 4.69) is 39.0 Å². The highest BCUT2D eigenvalue weighted by molar-refractivity contribution is 5.39. The van der Waals surface area contributed by atoms with Crippen LogP contribution in [0.3, 0.4) is 0 Å². The molecule has 0 saturated carbocycles. The molecule has 0 saturated heterocycles. The van der Waals surface area contributed by atoms with E-state index >= 15 is 0 Å². The SMILES string of the molecule is CCOCCCCCc1cc(C(C)(C)C)ccc1OC. The van der Waals surface area contributed by atoms with Gasteiger partial charge in [-0.3, -0.25) is 0 Å². The van der Waals surface area contributed by atoms with Gasteiger partial charge in [0.1, 0.15) is 5.75 Å². The molecule has 1 aromatic rings. The van der Waals surface area contributed by atoms with Gasteiger partial charge in [0.05, 0.1) is 7.11 Å². The lowest BCUT2D eigenvalue weighted by Gasteiger charge is -2.21. The average molecular weight is 278 g/mol. The van der Waals surface area contributed by atoms with Gasteiger partial charge in [-0.2, -0.15) is 0 Å². The van der Waals surface area contributed by atoms with E-state index in [4.69, 9.17) is 9.47 Å². The van der Waals surface area contributed by atoms with Gasteiger partial charge < -0.3 is 9.47 Å². The molecule has 0 spiro atoms. The van der Waals surface area contributed by atoms with Gasteiger partial charge in [-0.1, -0.05) is 39.3 Å². The monoisotopic (exact) mass is 278 g/mol. The Morgan fingerprint density at radius 2 is 1.80 bits per heavy atom. The minimum absolute atomic E-state index is 0.190. The molecule has 2 heteroatoms. The van der Waals surface area contributed by atoms with Crippen LogP contribution in [0.15, 0.2) is 18.2 Å². The number of hydrogen-bond donors (Lipinski definition) is 0. The molecular weight excluding hydrogens is 248 g/mol. The van der Waals surface area contributed by atoms with Crippen molar-refractivity contribution in [3.63, 3.8) is 0 Å². The van der Waals surface area contributed by atoms with Gasteiger partial charge >= 0.3 is 0 Å².